The van der Waals surface area contributed by atoms with Gasteiger partial charge in [0, 0.05) is 26.7 Å². The molecule has 2 saturated heterocycles. The Kier molecular flexibility index (Phi) is 4.40. The molecule has 1 unspecified atom stereocenters. The average Bonchev–Trinajstić information content (AvgIpc) is 3.39. The van der Waals surface area contributed by atoms with Gasteiger partial charge in [0.1, 0.15) is 5.69 Å². The summed E-state index contributed by atoms with van der Waals surface area (Å²) < 4.78 is 1.67. The molecule has 0 aromatic carbocycles. The Morgan fingerprint density at radius 1 is 1.15 bits per heavy atom. The number of hydrogen-bond acceptors (Lipinski definition) is 4. The van der Waals surface area contributed by atoms with E-state index in [9.17, 15) is 9.59 Å². The van der Waals surface area contributed by atoms with Gasteiger partial charge < -0.3 is 14.7 Å². The van der Waals surface area contributed by atoms with E-state index in [-0.39, 0.29) is 23.8 Å². The zero-order valence-corrected chi connectivity index (χ0v) is 15.3. The predicted molar refractivity (Wildman–Crippen MR) is 97.9 cm³/mol. The highest BCUT2D eigenvalue weighted by atomic mass is 16.2. The summed E-state index contributed by atoms with van der Waals surface area (Å²) in [6, 6.07) is 7.53. The van der Waals surface area contributed by atoms with Gasteiger partial charge >= 0.3 is 0 Å². The molecular formula is C19H25N5O2. The summed E-state index contributed by atoms with van der Waals surface area (Å²) in [6.07, 6.45) is 3.46. The van der Waals surface area contributed by atoms with E-state index < -0.39 is 0 Å². The van der Waals surface area contributed by atoms with Crippen molar-refractivity contribution in [2.75, 3.05) is 40.3 Å². The molecule has 0 bridgehead atoms. The molecule has 2 aliphatic heterocycles. The third-order valence-corrected chi connectivity index (χ3v) is 5.72. The van der Waals surface area contributed by atoms with Crippen molar-refractivity contribution in [3.63, 3.8) is 0 Å². The van der Waals surface area contributed by atoms with E-state index >= 15 is 0 Å². The Labute approximate surface area is 153 Å². The molecule has 2 aromatic heterocycles. The molecule has 0 radical (unpaired) electrons. The van der Waals surface area contributed by atoms with Crippen LogP contribution in [0.25, 0.3) is 5.52 Å². The second kappa shape index (κ2) is 6.72. The molecular weight excluding hydrogens is 330 g/mol. The van der Waals surface area contributed by atoms with Crippen LogP contribution in [0.4, 0.5) is 0 Å². The van der Waals surface area contributed by atoms with E-state index in [1.807, 2.05) is 30.1 Å². The maximum Gasteiger partial charge on any atom is 0.272 e. The smallest absolute Gasteiger partial charge is 0.272 e. The van der Waals surface area contributed by atoms with Gasteiger partial charge in [-0.15, -0.1) is 0 Å². The van der Waals surface area contributed by atoms with Crippen molar-refractivity contribution < 1.29 is 9.59 Å². The molecule has 0 spiro atoms. The quantitative estimate of drug-likeness (QED) is 0.823. The summed E-state index contributed by atoms with van der Waals surface area (Å²) in [5.74, 6) is 0.295. The van der Waals surface area contributed by atoms with Crippen molar-refractivity contribution in [3.8, 4) is 0 Å². The lowest BCUT2D eigenvalue weighted by Crippen LogP contribution is -2.42. The lowest BCUT2D eigenvalue weighted by Gasteiger charge is -2.26. The summed E-state index contributed by atoms with van der Waals surface area (Å²) >= 11 is 0. The molecule has 2 fully saturated rings. The number of amides is 2. The molecule has 2 amide bonds. The maximum atomic E-state index is 13.0. The van der Waals surface area contributed by atoms with E-state index in [0.717, 1.165) is 38.0 Å². The van der Waals surface area contributed by atoms with Crippen LogP contribution in [0.1, 0.15) is 23.3 Å². The number of hydrogen-bond donors (Lipinski definition) is 0. The van der Waals surface area contributed by atoms with Gasteiger partial charge in [0.2, 0.25) is 5.91 Å². The van der Waals surface area contributed by atoms with Crippen LogP contribution >= 0.6 is 0 Å². The SMILES string of the molecule is CN1CC[C@H](C(=O)N2CCC(N(C)C(=O)c3cccc4ccnn34)C2)C1. The second-order valence-electron chi connectivity index (χ2n) is 7.47. The van der Waals surface area contributed by atoms with E-state index in [0.29, 0.717) is 12.2 Å². The van der Waals surface area contributed by atoms with Gasteiger partial charge in [-0.2, -0.15) is 5.10 Å². The van der Waals surface area contributed by atoms with E-state index in [4.69, 9.17) is 0 Å². The Hall–Kier alpha value is -2.41. The first-order valence-electron chi connectivity index (χ1n) is 9.22. The highest BCUT2D eigenvalue weighted by molar-refractivity contribution is 5.93. The van der Waals surface area contributed by atoms with Gasteiger partial charge in [0.15, 0.2) is 0 Å². The van der Waals surface area contributed by atoms with Crippen LogP contribution < -0.4 is 0 Å². The van der Waals surface area contributed by atoms with E-state index in [1.54, 1.807) is 21.7 Å². The summed E-state index contributed by atoms with van der Waals surface area (Å²) in [4.78, 5) is 31.6. The number of rotatable bonds is 3. The van der Waals surface area contributed by atoms with Crippen LogP contribution in [0.2, 0.25) is 0 Å². The standard InChI is InChI=1S/C19H25N5O2/c1-21-10-7-14(12-21)18(25)23-11-8-16(13-23)22(2)19(26)17-5-3-4-15-6-9-20-24(15)17/h3-6,9,14,16H,7-8,10-13H2,1-2H3/t14-,16?/m0/s1. The zero-order chi connectivity index (χ0) is 18.3. The molecule has 7 nitrogen and oxygen atoms in total. The largest absolute Gasteiger partial charge is 0.340 e. The fraction of sp³-hybridized carbons (Fsp3) is 0.526. The monoisotopic (exact) mass is 355 g/mol. The van der Waals surface area contributed by atoms with Crippen molar-refractivity contribution in [1.82, 2.24) is 24.3 Å². The summed E-state index contributed by atoms with van der Waals surface area (Å²) in [6.45, 7) is 3.18. The summed E-state index contributed by atoms with van der Waals surface area (Å²) in [5.41, 5.74) is 1.45. The predicted octanol–water partition coefficient (Wildman–Crippen LogP) is 0.959. The molecule has 2 aliphatic rings. The highest BCUT2D eigenvalue weighted by Gasteiger charge is 2.36. The van der Waals surface area contributed by atoms with E-state index in [2.05, 4.69) is 17.0 Å². The van der Waals surface area contributed by atoms with Crippen molar-refractivity contribution in [3.05, 3.63) is 36.2 Å². The Morgan fingerprint density at radius 3 is 2.77 bits per heavy atom. The second-order valence-corrected chi connectivity index (χ2v) is 7.47. The van der Waals surface area contributed by atoms with Crippen LogP contribution in [0, 0.1) is 5.92 Å². The molecule has 0 N–H and O–H groups in total. The first-order valence-corrected chi connectivity index (χ1v) is 9.22. The number of nitrogens with zero attached hydrogens (tertiary/aromatic N) is 5. The molecule has 7 heteroatoms. The third kappa shape index (κ3) is 2.96. The summed E-state index contributed by atoms with van der Waals surface area (Å²) in [5, 5.41) is 4.25. The molecule has 4 rings (SSSR count). The number of aromatic nitrogens is 2. The maximum absolute atomic E-state index is 13.0. The van der Waals surface area contributed by atoms with Crippen molar-refractivity contribution in [2.45, 2.75) is 18.9 Å². The number of fused-ring (bicyclic) bond motifs is 1. The van der Waals surface area contributed by atoms with Crippen LogP contribution in [0.3, 0.4) is 0 Å². The van der Waals surface area contributed by atoms with Crippen LogP contribution in [-0.2, 0) is 4.79 Å². The molecule has 138 valence electrons. The normalized spacial score (nSPS) is 23.7. The molecule has 2 aromatic rings. The third-order valence-electron chi connectivity index (χ3n) is 5.72. The van der Waals surface area contributed by atoms with Crippen molar-refractivity contribution in [2.24, 2.45) is 5.92 Å². The highest BCUT2D eigenvalue weighted by Crippen LogP contribution is 2.23. The molecule has 2 atom stereocenters. The summed E-state index contributed by atoms with van der Waals surface area (Å²) in [7, 11) is 3.88. The first kappa shape index (κ1) is 17.0. The minimum Gasteiger partial charge on any atom is -0.340 e. The minimum atomic E-state index is -0.0563. The van der Waals surface area contributed by atoms with Crippen molar-refractivity contribution >= 4 is 17.3 Å². The Morgan fingerprint density at radius 2 is 2.00 bits per heavy atom. The Bertz CT molecular complexity index is 832. The fourth-order valence-corrected chi connectivity index (χ4v) is 4.11. The van der Waals surface area contributed by atoms with Gasteiger partial charge in [-0.05, 0) is 44.6 Å². The van der Waals surface area contributed by atoms with Gasteiger partial charge in [-0.25, -0.2) is 4.52 Å². The van der Waals surface area contributed by atoms with Gasteiger partial charge in [-0.1, -0.05) is 6.07 Å². The number of likely N-dealkylation sites (N-methyl/N-ethyl adjacent to an activating group) is 1. The number of carbonyl (C=O) groups is 2. The number of pyridine rings is 1. The number of likely N-dealkylation sites (tertiary alicyclic amines) is 2. The van der Waals surface area contributed by atoms with Gasteiger partial charge in [0.25, 0.3) is 5.91 Å². The Balaban J connectivity index is 1.44. The molecule has 0 aliphatic carbocycles. The van der Waals surface area contributed by atoms with Crippen molar-refractivity contribution in [1.29, 1.82) is 0 Å². The van der Waals surface area contributed by atoms with Gasteiger partial charge in [-0.3, -0.25) is 9.59 Å². The van der Waals surface area contributed by atoms with Crippen LogP contribution in [-0.4, -0.2) is 82.4 Å². The molecule has 0 saturated carbocycles. The van der Waals surface area contributed by atoms with Crippen LogP contribution in [0.5, 0.6) is 0 Å². The van der Waals surface area contributed by atoms with E-state index in [1.165, 1.54) is 0 Å². The van der Waals surface area contributed by atoms with Gasteiger partial charge in [0.05, 0.1) is 23.7 Å². The molecule has 4 heterocycles. The first-order chi connectivity index (χ1) is 12.5. The van der Waals surface area contributed by atoms with Crippen LogP contribution in [0.15, 0.2) is 30.5 Å². The number of carbonyl (C=O) groups excluding carboxylic acids is 2. The lowest BCUT2D eigenvalue weighted by molar-refractivity contribution is -0.134. The minimum absolute atomic E-state index is 0.0522. The molecule has 26 heavy (non-hydrogen) atoms. The fourth-order valence-electron chi connectivity index (χ4n) is 4.11. The average molecular weight is 355 g/mol. The zero-order valence-electron chi connectivity index (χ0n) is 15.3. The lowest BCUT2D eigenvalue weighted by atomic mass is 10.1. The topological polar surface area (TPSA) is 61.2 Å².